The number of benzene rings is 2. The highest BCUT2D eigenvalue weighted by Gasteiger charge is 2.32. The maximum Gasteiger partial charge on any atom is 0.408 e. The normalized spacial score (nSPS) is 11.9. The number of rotatable bonds is 12. The molecule has 0 aliphatic carbocycles. The molecule has 2 aromatic carbocycles. The van der Waals surface area contributed by atoms with Gasteiger partial charge in [0.15, 0.2) is 0 Å². The lowest BCUT2D eigenvalue weighted by atomic mass is 10.0. The lowest BCUT2D eigenvalue weighted by Crippen LogP contribution is -2.47. The van der Waals surface area contributed by atoms with Crippen molar-refractivity contribution in [2.75, 3.05) is 18.4 Å². The zero-order valence-corrected chi connectivity index (χ0v) is 23.2. The molecule has 7 heteroatoms. The fourth-order valence-corrected chi connectivity index (χ4v) is 3.99. The summed E-state index contributed by atoms with van der Waals surface area (Å²) < 4.78 is 5.29. The summed E-state index contributed by atoms with van der Waals surface area (Å²) in [4.78, 5) is 41.1. The summed E-state index contributed by atoms with van der Waals surface area (Å²) >= 11 is 0. The molecule has 7 nitrogen and oxygen atoms in total. The lowest BCUT2D eigenvalue weighted by Gasteiger charge is -2.32. The molecule has 0 spiro atoms. The minimum Gasteiger partial charge on any atom is -0.444 e. The predicted octanol–water partition coefficient (Wildman–Crippen LogP) is 6.17. The second-order valence-corrected chi connectivity index (χ2v) is 10.3. The molecule has 0 bridgehead atoms. The maximum absolute atomic E-state index is 13.8. The van der Waals surface area contributed by atoms with Crippen LogP contribution in [0.5, 0.6) is 0 Å². The number of aryl methyl sites for hydroxylation is 2. The second-order valence-electron chi connectivity index (χ2n) is 10.3. The fraction of sp³-hybridized carbons (Fsp3) is 0.500. The molecular weight excluding hydrogens is 466 g/mol. The van der Waals surface area contributed by atoms with E-state index in [0.29, 0.717) is 12.2 Å². The van der Waals surface area contributed by atoms with E-state index < -0.39 is 17.7 Å². The molecule has 1 unspecified atom stereocenters. The van der Waals surface area contributed by atoms with Crippen molar-refractivity contribution in [2.45, 2.75) is 85.3 Å². The molecule has 202 valence electrons. The van der Waals surface area contributed by atoms with Gasteiger partial charge in [-0.25, -0.2) is 4.79 Å². The molecule has 1 atom stereocenters. The molecule has 0 aliphatic heterocycles. The molecule has 2 rings (SSSR count). The van der Waals surface area contributed by atoms with Gasteiger partial charge in [-0.2, -0.15) is 0 Å². The van der Waals surface area contributed by atoms with Gasteiger partial charge in [-0.15, -0.1) is 0 Å². The summed E-state index contributed by atoms with van der Waals surface area (Å²) in [5, 5.41) is 5.58. The zero-order chi connectivity index (χ0) is 27.4. The topological polar surface area (TPSA) is 87.7 Å². The van der Waals surface area contributed by atoms with Crippen LogP contribution in [0.15, 0.2) is 48.5 Å². The molecule has 0 aliphatic rings. The van der Waals surface area contributed by atoms with Crippen molar-refractivity contribution in [3.8, 4) is 0 Å². The Labute approximate surface area is 222 Å². The van der Waals surface area contributed by atoms with E-state index in [1.165, 1.54) is 0 Å². The van der Waals surface area contributed by atoms with Crippen LogP contribution in [0, 0.1) is 6.92 Å². The van der Waals surface area contributed by atoms with Crippen LogP contribution in [-0.2, 0) is 20.7 Å². The number of carbonyl (C=O) groups excluding carboxylic acids is 3. The van der Waals surface area contributed by atoms with Gasteiger partial charge in [0, 0.05) is 12.2 Å². The van der Waals surface area contributed by atoms with Gasteiger partial charge in [-0.05, 0) is 63.3 Å². The Morgan fingerprint density at radius 3 is 2.22 bits per heavy atom. The molecule has 37 heavy (non-hydrogen) atoms. The Morgan fingerprint density at radius 1 is 0.946 bits per heavy atom. The Hall–Kier alpha value is -3.35. The van der Waals surface area contributed by atoms with E-state index >= 15 is 0 Å². The number of nitrogens with one attached hydrogen (secondary N) is 2. The zero-order valence-electron chi connectivity index (χ0n) is 23.2. The summed E-state index contributed by atoms with van der Waals surface area (Å²) in [6.07, 6.45) is 4.01. The molecule has 2 aromatic rings. The number of para-hydroxylation sites is 1. The van der Waals surface area contributed by atoms with E-state index in [1.54, 1.807) is 25.7 Å². The molecular formula is C30H43N3O4. The average molecular weight is 510 g/mol. The first-order valence-electron chi connectivity index (χ1n) is 13.3. The third kappa shape index (κ3) is 9.90. The second kappa shape index (κ2) is 14.4. The highest BCUT2D eigenvalue weighted by molar-refractivity contribution is 5.98. The summed E-state index contributed by atoms with van der Waals surface area (Å²) in [6.45, 7) is 11.6. The van der Waals surface area contributed by atoms with E-state index in [4.69, 9.17) is 4.74 Å². The maximum atomic E-state index is 13.8. The van der Waals surface area contributed by atoms with Gasteiger partial charge in [0.05, 0.1) is 0 Å². The molecule has 2 N–H and O–H groups in total. The number of anilines is 1. The van der Waals surface area contributed by atoms with Crippen LogP contribution >= 0.6 is 0 Å². The van der Waals surface area contributed by atoms with Crippen LogP contribution in [0.1, 0.15) is 83.0 Å². The van der Waals surface area contributed by atoms with Gasteiger partial charge in [0.25, 0.3) is 5.91 Å². The standard InChI is InChI=1S/C30H43N3O4/c1-7-9-10-13-20-33(26(34)21-31-29(36)37-30(4,5)6)27(24-18-16-23(8-2)17-19-24)28(35)32-25-15-12-11-14-22(25)3/h11-12,14-19,27H,7-10,13,20-21H2,1-6H3,(H,31,36)(H,32,35). The molecule has 0 radical (unpaired) electrons. The molecule has 0 saturated carbocycles. The van der Waals surface area contributed by atoms with E-state index in [0.717, 1.165) is 48.8 Å². The van der Waals surface area contributed by atoms with Crippen LogP contribution in [0.2, 0.25) is 0 Å². The number of hydrogen-bond donors (Lipinski definition) is 2. The Balaban J connectivity index is 2.37. The van der Waals surface area contributed by atoms with Gasteiger partial charge in [-0.3, -0.25) is 9.59 Å². The van der Waals surface area contributed by atoms with E-state index in [1.807, 2.05) is 55.5 Å². The van der Waals surface area contributed by atoms with Crippen molar-refractivity contribution in [1.82, 2.24) is 10.2 Å². The fourth-order valence-electron chi connectivity index (χ4n) is 3.99. The third-order valence-corrected chi connectivity index (χ3v) is 6.02. The molecule has 0 saturated heterocycles. The van der Waals surface area contributed by atoms with Crippen molar-refractivity contribution in [3.05, 3.63) is 65.2 Å². The first-order chi connectivity index (χ1) is 17.6. The minimum atomic E-state index is -0.847. The number of nitrogens with zero attached hydrogens (tertiary/aromatic N) is 1. The predicted molar refractivity (Wildman–Crippen MR) is 148 cm³/mol. The first kappa shape index (κ1) is 29.9. The van der Waals surface area contributed by atoms with E-state index in [2.05, 4.69) is 24.5 Å². The SMILES string of the molecule is CCCCCCN(C(=O)CNC(=O)OC(C)(C)C)C(C(=O)Nc1ccccc1C)c1ccc(CC)cc1. The quantitative estimate of drug-likeness (QED) is 0.335. The summed E-state index contributed by atoms with van der Waals surface area (Å²) in [5.41, 5.74) is 2.83. The van der Waals surface area contributed by atoms with E-state index in [9.17, 15) is 14.4 Å². The first-order valence-corrected chi connectivity index (χ1v) is 13.3. The highest BCUT2D eigenvalue weighted by atomic mass is 16.6. The van der Waals surface area contributed by atoms with Crippen molar-refractivity contribution < 1.29 is 19.1 Å². The molecule has 0 aromatic heterocycles. The number of alkyl carbamates (subject to hydrolysis) is 1. The molecule has 0 fully saturated rings. The van der Waals surface area contributed by atoms with Crippen molar-refractivity contribution in [2.24, 2.45) is 0 Å². The molecule has 0 heterocycles. The van der Waals surface area contributed by atoms with Gasteiger partial charge >= 0.3 is 6.09 Å². The van der Waals surface area contributed by atoms with Crippen LogP contribution in [0.25, 0.3) is 0 Å². The Morgan fingerprint density at radius 2 is 1.62 bits per heavy atom. The van der Waals surface area contributed by atoms with Crippen LogP contribution < -0.4 is 10.6 Å². The van der Waals surface area contributed by atoms with Gasteiger partial charge in [0.1, 0.15) is 18.2 Å². The summed E-state index contributed by atoms with van der Waals surface area (Å²) in [5.74, 6) is -0.633. The van der Waals surface area contributed by atoms with Crippen LogP contribution in [0.3, 0.4) is 0 Å². The van der Waals surface area contributed by atoms with Gasteiger partial charge in [-0.1, -0.05) is 75.6 Å². The number of hydrogen-bond acceptors (Lipinski definition) is 4. The number of carbonyl (C=O) groups is 3. The number of amides is 3. The number of ether oxygens (including phenoxy) is 1. The van der Waals surface area contributed by atoms with Crippen LogP contribution in [0.4, 0.5) is 10.5 Å². The van der Waals surface area contributed by atoms with Gasteiger partial charge in [0.2, 0.25) is 5.91 Å². The average Bonchev–Trinajstić information content (AvgIpc) is 2.85. The largest absolute Gasteiger partial charge is 0.444 e. The van der Waals surface area contributed by atoms with Crippen molar-refractivity contribution in [3.63, 3.8) is 0 Å². The monoisotopic (exact) mass is 509 g/mol. The molecule has 3 amide bonds. The van der Waals surface area contributed by atoms with Crippen molar-refractivity contribution >= 4 is 23.6 Å². The number of unbranched alkanes of at least 4 members (excludes halogenated alkanes) is 3. The van der Waals surface area contributed by atoms with Crippen LogP contribution in [-0.4, -0.2) is 41.5 Å². The minimum absolute atomic E-state index is 0.260. The van der Waals surface area contributed by atoms with Crippen molar-refractivity contribution in [1.29, 1.82) is 0 Å². The lowest BCUT2D eigenvalue weighted by molar-refractivity contribution is -0.138. The van der Waals surface area contributed by atoms with Gasteiger partial charge < -0.3 is 20.3 Å². The highest BCUT2D eigenvalue weighted by Crippen LogP contribution is 2.26. The van der Waals surface area contributed by atoms with E-state index in [-0.39, 0.29) is 18.4 Å². The third-order valence-electron chi connectivity index (χ3n) is 6.02. The smallest absolute Gasteiger partial charge is 0.408 e. The summed E-state index contributed by atoms with van der Waals surface area (Å²) in [7, 11) is 0. The Bertz CT molecular complexity index is 1030. The summed E-state index contributed by atoms with van der Waals surface area (Å²) in [6, 6.07) is 14.5. The Kier molecular flexibility index (Phi) is 11.6.